The molecule has 0 saturated carbocycles. The summed E-state index contributed by atoms with van der Waals surface area (Å²) in [6, 6.07) is 4.51. The summed E-state index contributed by atoms with van der Waals surface area (Å²) in [5, 5.41) is 10.9. The number of ether oxygens (including phenoxy) is 2. The quantitative estimate of drug-likeness (QED) is 0.361. The molecule has 1 N–H and O–H groups in total. The normalized spacial score (nSPS) is 21.5. The van der Waals surface area contributed by atoms with E-state index in [1.165, 1.54) is 43.2 Å². The van der Waals surface area contributed by atoms with Crippen LogP contribution < -0.4 is 9.47 Å². The molecule has 0 bridgehead atoms. The number of nitrogens with zero attached hydrogens (tertiary/aromatic N) is 1. The van der Waals surface area contributed by atoms with Gasteiger partial charge in [0, 0.05) is 24.9 Å². The standard InChI is InChI=1S/C24H38FNO3S.3H2S/c1-28-23-14-18-9-11-26-17-19(8-6-4-3-5-7-12-30-13-10-25)22(27)16-21(26)20(18)15-24(23)29-2;;;/h14-15,19,21-22,27H,3-13,16-17H2,1-2H3;3*1H2/t19-,21-,22-;;;/m0.../s1/i25+0;;;. The number of hydrogen-bond donors (Lipinski definition) is 1. The minimum atomic E-state index is -0.234. The van der Waals surface area contributed by atoms with Crippen molar-refractivity contribution in [3.63, 3.8) is 0 Å². The van der Waals surface area contributed by atoms with E-state index in [0.29, 0.717) is 11.7 Å². The van der Waals surface area contributed by atoms with Crippen LogP contribution in [0.3, 0.4) is 0 Å². The number of methoxy groups -OCH3 is 2. The molecule has 1 aromatic rings. The number of rotatable bonds is 12. The second kappa shape index (κ2) is 17.5. The van der Waals surface area contributed by atoms with Crippen molar-refractivity contribution in [2.24, 2.45) is 5.92 Å². The number of hydrogen-bond acceptors (Lipinski definition) is 5. The highest BCUT2D eigenvalue weighted by molar-refractivity contribution is 7.99. The van der Waals surface area contributed by atoms with E-state index in [1.807, 2.05) is 0 Å². The number of unbranched alkanes of at least 4 members (excludes halogenated alkanes) is 4. The Hall–Kier alpha value is 0.0700. The van der Waals surface area contributed by atoms with E-state index in [9.17, 15) is 9.50 Å². The molecule has 9 heteroatoms. The van der Waals surface area contributed by atoms with Crippen molar-refractivity contribution < 1.29 is 19.0 Å². The molecule has 3 rings (SSSR count). The molecule has 0 aliphatic carbocycles. The Morgan fingerprint density at radius 2 is 1.67 bits per heavy atom. The molecular weight excluding hydrogens is 498 g/mol. The first kappa shape index (κ1) is 33.1. The Morgan fingerprint density at radius 3 is 2.36 bits per heavy atom. The molecule has 2 heterocycles. The van der Waals surface area contributed by atoms with Crippen LogP contribution in [-0.2, 0) is 6.42 Å². The lowest BCUT2D eigenvalue weighted by Gasteiger charge is -2.46. The lowest BCUT2D eigenvalue weighted by atomic mass is 9.80. The lowest BCUT2D eigenvalue weighted by Crippen LogP contribution is -2.48. The molecule has 2 aliphatic rings. The predicted molar refractivity (Wildman–Crippen MR) is 154 cm³/mol. The number of fused-ring (bicyclic) bond motifs is 3. The average molecular weight is 542 g/mol. The van der Waals surface area contributed by atoms with E-state index < -0.39 is 0 Å². The van der Waals surface area contributed by atoms with Crippen LogP contribution in [0.4, 0.5) is 4.39 Å². The summed E-state index contributed by atoms with van der Waals surface area (Å²) in [6.07, 6.45) is 8.82. The largest absolute Gasteiger partial charge is 0.493 e. The first-order valence-electron chi connectivity index (χ1n) is 11.5. The third-order valence-corrected chi connectivity index (χ3v) is 7.70. The summed E-state index contributed by atoms with van der Waals surface area (Å²) in [4.78, 5) is 2.56. The monoisotopic (exact) mass is 541 g/mol. The molecule has 33 heavy (non-hydrogen) atoms. The predicted octanol–water partition coefficient (Wildman–Crippen LogP) is 5.37. The van der Waals surface area contributed by atoms with E-state index >= 15 is 0 Å². The number of thioether (sulfide) groups is 1. The molecule has 0 radical (unpaired) electrons. The zero-order chi connectivity index (χ0) is 21.3. The maximum atomic E-state index is 12.1. The van der Waals surface area contributed by atoms with Gasteiger partial charge in [-0.1, -0.05) is 25.7 Å². The van der Waals surface area contributed by atoms with Crippen molar-refractivity contribution in [2.45, 2.75) is 63.5 Å². The Labute approximate surface area is 225 Å². The van der Waals surface area contributed by atoms with E-state index in [-0.39, 0.29) is 59.3 Å². The van der Waals surface area contributed by atoms with Gasteiger partial charge in [-0.25, -0.2) is 0 Å². The van der Waals surface area contributed by atoms with Gasteiger partial charge in [0.2, 0.25) is 0 Å². The van der Waals surface area contributed by atoms with Crippen LogP contribution in [0.15, 0.2) is 12.1 Å². The SMILES string of the molecule is COc1cc2c(cc1OC)[C@@H]1C[C@H](O)[C@@H](CCCCCCCSCC[19F])CN1CC2.S.S.S. The first-order valence-corrected chi connectivity index (χ1v) is 12.6. The van der Waals surface area contributed by atoms with Gasteiger partial charge in [-0.05, 0) is 60.6 Å². The van der Waals surface area contributed by atoms with E-state index in [4.69, 9.17) is 9.47 Å². The number of aliphatic hydroxyl groups excluding tert-OH is 1. The highest BCUT2D eigenvalue weighted by Crippen LogP contribution is 2.43. The summed E-state index contributed by atoms with van der Waals surface area (Å²) in [7, 11) is 3.36. The van der Waals surface area contributed by atoms with Crippen molar-refractivity contribution in [3.05, 3.63) is 23.3 Å². The molecular formula is C24H44FNO3S4. The number of piperidine rings is 1. The summed E-state index contributed by atoms with van der Waals surface area (Å²) in [5.74, 6) is 3.67. The fourth-order valence-corrected chi connectivity index (χ4v) is 5.72. The van der Waals surface area contributed by atoms with Crippen LogP contribution >= 0.6 is 52.2 Å². The van der Waals surface area contributed by atoms with Crippen molar-refractivity contribution >= 4 is 52.2 Å². The highest BCUT2D eigenvalue weighted by atomic mass is 32.2. The molecule has 1 saturated heterocycles. The van der Waals surface area contributed by atoms with Gasteiger partial charge in [0.1, 0.15) is 0 Å². The molecule has 4 nitrogen and oxygen atoms in total. The summed E-state index contributed by atoms with van der Waals surface area (Å²) in [5.41, 5.74) is 2.62. The van der Waals surface area contributed by atoms with Crippen LogP contribution in [-0.4, -0.2) is 61.6 Å². The van der Waals surface area contributed by atoms with Gasteiger partial charge in [-0.15, -0.1) is 0 Å². The fraction of sp³-hybridized carbons (Fsp3) is 0.750. The number of halogens is 1. The van der Waals surface area contributed by atoms with E-state index in [1.54, 1.807) is 26.0 Å². The number of alkyl halides is 1. The van der Waals surface area contributed by atoms with Crippen LogP contribution in [0.25, 0.3) is 0 Å². The van der Waals surface area contributed by atoms with Gasteiger partial charge in [0.15, 0.2) is 11.5 Å². The maximum Gasteiger partial charge on any atom is 0.161 e. The lowest BCUT2D eigenvalue weighted by molar-refractivity contribution is -0.0158. The zero-order valence-corrected chi connectivity index (χ0v) is 23.9. The highest BCUT2D eigenvalue weighted by Gasteiger charge is 2.38. The third kappa shape index (κ3) is 9.22. The molecule has 1 fully saturated rings. The zero-order valence-electron chi connectivity index (χ0n) is 20.1. The van der Waals surface area contributed by atoms with Crippen molar-refractivity contribution in [3.8, 4) is 11.5 Å². The van der Waals surface area contributed by atoms with Crippen molar-refractivity contribution in [1.29, 1.82) is 0 Å². The van der Waals surface area contributed by atoms with Gasteiger partial charge in [-0.2, -0.15) is 52.2 Å². The van der Waals surface area contributed by atoms with Crippen LogP contribution in [0, 0.1) is 5.92 Å². The van der Waals surface area contributed by atoms with Crippen LogP contribution in [0.2, 0.25) is 0 Å². The molecule has 0 aromatic heterocycles. The van der Waals surface area contributed by atoms with Crippen LogP contribution in [0.5, 0.6) is 11.5 Å². The molecule has 3 atom stereocenters. The average Bonchev–Trinajstić information content (AvgIpc) is 2.77. The second-order valence-electron chi connectivity index (χ2n) is 8.59. The summed E-state index contributed by atoms with van der Waals surface area (Å²) >= 11 is 1.72. The summed E-state index contributed by atoms with van der Waals surface area (Å²) in [6.45, 7) is 1.83. The van der Waals surface area contributed by atoms with Gasteiger partial charge in [0.05, 0.1) is 27.0 Å². The van der Waals surface area contributed by atoms with Crippen LogP contribution in [0.1, 0.15) is 62.1 Å². The van der Waals surface area contributed by atoms with Crippen molar-refractivity contribution in [1.82, 2.24) is 4.90 Å². The van der Waals surface area contributed by atoms with Crippen molar-refractivity contribution in [2.75, 3.05) is 45.5 Å². The molecule has 0 unspecified atom stereocenters. The molecule has 2 aliphatic heterocycles. The number of aliphatic hydroxyl groups is 1. The topological polar surface area (TPSA) is 41.9 Å². The summed E-state index contributed by atoms with van der Waals surface area (Å²) < 4.78 is 23.1. The van der Waals surface area contributed by atoms with Gasteiger partial charge in [-0.3, -0.25) is 9.29 Å². The molecule has 0 amide bonds. The minimum absolute atomic E-state index is 0. The Bertz CT molecular complexity index is 671. The fourth-order valence-electron chi connectivity index (χ4n) is 5.00. The van der Waals surface area contributed by atoms with Gasteiger partial charge in [0.25, 0.3) is 0 Å². The Kier molecular flexibility index (Phi) is 17.5. The smallest absolute Gasteiger partial charge is 0.161 e. The minimum Gasteiger partial charge on any atom is -0.493 e. The molecule has 0 spiro atoms. The van der Waals surface area contributed by atoms with E-state index in [2.05, 4.69) is 17.0 Å². The number of benzene rings is 1. The second-order valence-corrected chi connectivity index (χ2v) is 9.81. The third-order valence-electron chi connectivity index (χ3n) is 6.68. The van der Waals surface area contributed by atoms with Gasteiger partial charge >= 0.3 is 0 Å². The molecule has 194 valence electrons. The Balaban J connectivity index is 0.00000341. The Morgan fingerprint density at radius 1 is 1.00 bits per heavy atom. The van der Waals surface area contributed by atoms with E-state index in [0.717, 1.165) is 49.6 Å². The first-order chi connectivity index (χ1) is 14.7. The maximum absolute atomic E-state index is 12.1. The molecule has 1 aromatic carbocycles. The van der Waals surface area contributed by atoms with Gasteiger partial charge < -0.3 is 14.6 Å².